The second kappa shape index (κ2) is 10.0. The van der Waals surface area contributed by atoms with E-state index in [0.29, 0.717) is 49.2 Å². The highest BCUT2D eigenvalue weighted by Gasteiger charge is 2.38. The van der Waals surface area contributed by atoms with Crippen molar-refractivity contribution in [3.05, 3.63) is 35.0 Å². The van der Waals surface area contributed by atoms with Crippen LogP contribution in [0.1, 0.15) is 64.3 Å². The zero-order valence-corrected chi connectivity index (χ0v) is 21.2. The minimum Gasteiger partial charge on any atom is -0.393 e. The third kappa shape index (κ3) is 5.19. The molecule has 0 radical (unpaired) electrons. The third-order valence-corrected chi connectivity index (χ3v) is 7.97. The minimum atomic E-state index is -0.849. The topological polar surface area (TPSA) is 131 Å². The molecular formula is C25H30ClF2N7O2. The number of fused-ring (bicyclic) bond motifs is 1. The number of anilines is 3. The Morgan fingerprint density at radius 2 is 1.97 bits per heavy atom. The number of aromatic nitrogens is 4. The number of halogens is 3. The maximum absolute atomic E-state index is 14.6. The van der Waals surface area contributed by atoms with Crippen LogP contribution in [0.5, 0.6) is 0 Å². The maximum Gasteiger partial charge on any atom is 0.224 e. The summed E-state index contributed by atoms with van der Waals surface area (Å²) >= 11 is 6.15. The molecule has 0 saturated heterocycles. The molecule has 1 amide bonds. The Bertz CT molecular complexity index is 1300. The lowest BCUT2D eigenvalue weighted by Crippen LogP contribution is -2.38. The molecule has 2 heterocycles. The summed E-state index contributed by atoms with van der Waals surface area (Å²) in [7, 11) is 0. The van der Waals surface area contributed by atoms with Gasteiger partial charge in [0.2, 0.25) is 17.8 Å². The van der Waals surface area contributed by atoms with E-state index in [9.17, 15) is 18.7 Å². The number of rotatable bonds is 6. The number of nitrogens with one attached hydrogen (secondary N) is 2. The molecule has 2 fully saturated rings. The first kappa shape index (κ1) is 25.6. The van der Waals surface area contributed by atoms with Crippen molar-refractivity contribution in [3.63, 3.8) is 0 Å². The third-order valence-electron chi connectivity index (χ3n) is 7.67. The van der Waals surface area contributed by atoms with Gasteiger partial charge in [-0.05, 0) is 57.4 Å². The van der Waals surface area contributed by atoms with Crippen molar-refractivity contribution in [2.75, 3.05) is 10.6 Å². The fourth-order valence-electron chi connectivity index (χ4n) is 5.39. The van der Waals surface area contributed by atoms with E-state index < -0.39 is 17.0 Å². The first-order chi connectivity index (χ1) is 17.6. The average Bonchev–Trinajstić information content (AvgIpc) is 3.19. The van der Waals surface area contributed by atoms with Gasteiger partial charge in [-0.25, -0.2) is 18.7 Å². The zero-order valence-electron chi connectivity index (χ0n) is 20.5. The SMILES string of the molecule is C[C@]1(C(N)=O)CC[C@H](n2c(Nc3c(F)cc(F)cc3Cl)nc3cnc(N[C@H]4CCC[C@@H](O)C4)nc32)CC1. The zero-order chi connectivity index (χ0) is 26.3. The van der Waals surface area contributed by atoms with Crippen LogP contribution in [0.3, 0.4) is 0 Å². The van der Waals surface area contributed by atoms with E-state index in [1.165, 1.54) is 0 Å². The van der Waals surface area contributed by atoms with Gasteiger partial charge in [-0.2, -0.15) is 4.98 Å². The maximum atomic E-state index is 14.6. The lowest BCUT2D eigenvalue weighted by molar-refractivity contribution is -0.128. The normalized spacial score (nSPS) is 26.2. The Kier molecular flexibility index (Phi) is 6.93. The lowest BCUT2D eigenvalue weighted by Gasteiger charge is -2.35. The molecule has 5 rings (SSSR count). The van der Waals surface area contributed by atoms with Gasteiger partial charge in [0.05, 0.1) is 23.0 Å². The summed E-state index contributed by atoms with van der Waals surface area (Å²) < 4.78 is 30.1. The summed E-state index contributed by atoms with van der Waals surface area (Å²) in [5.41, 5.74) is 5.97. The molecule has 0 aliphatic heterocycles. The van der Waals surface area contributed by atoms with Crippen LogP contribution in [0.15, 0.2) is 18.3 Å². The van der Waals surface area contributed by atoms with Crippen LogP contribution in [0, 0.1) is 17.0 Å². The van der Waals surface area contributed by atoms with Crippen molar-refractivity contribution < 1.29 is 18.7 Å². The number of aliphatic hydroxyl groups is 1. The molecule has 2 aliphatic carbocycles. The van der Waals surface area contributed by atoms with E-state index in [1.807, 2.05) is 11.5 Å². The smallest absolute Gasteiger partial charge is 0.224 e. The molecule has 2 aromatic heterocycles. The van der Waals surface area contributed by atoms with Crippen LogP contribution in [-0.4, -0.2) is 42.7 Å². The van der Waals surface area contributed by atoms with Crippen LogP contribution in [0.25, 0.3) is 11.2 Å². The Morgan fingerprint density at radius 3 is 2.65 bits per heavy atom. The molecule has 5 N–H and O–H groups in total. The molecule has 9 nitrogen and oxygen atoms in total. The van der Waals surface area contributed by atoms with Crippen molar-refractivity contribution >= 4 is 46.3 Å². The van der Waals surface area contributed by atoms with Gasteiger partial charge >= 0.3 is 0 Å². The second-order valence-electron chi connectivity index (χ2n) is 10.4. The van der Waals surface area contributed by atoms with Gasteiger partial charge in [-0.1, -0.05) is 18.5 Å². The van der Waals surface area contributed by atoms with E-state index in [-0.39, 0.29) is 40.8 Å². The van der Waals surface area contributed by atoms with Crippen molar-refractivity contribution in [3.8, 4) is 0 Å². The van der Waals surface area contributed by atoms with E-state index in [1.54, 1.807) is 6.20 Å². The molecule has 12 heteroatoms. The van der Waals surface area contributed by atoms with Crippen molar-refractivity contribution in [1.82, 2.24) is 19.5 Å². The average molecular weight is 534 g/mol. The predicted molar refractivity (Wildman–Crippen MR) is 137 cm³/mol. The number of amides is 1. The molecule has 2 atom stereocenters. The fourth-order valence-corrected chi connectivity index (χ4v) is 5.63. The molecule has 3 aromatic rings. The quantitative estimate of drug-likeness (QED) is 0.357. The highest BCUT2D eigenvalue weighted by Crippen LogP contribution is 2.43. The summed E-state index contributed by atoms with van der Waals surface area (Å²) in [6.45, 7) is 1.87. The monoisotopic (exact) mass is 533 g/mol. The van der Waals surface area contributed by atoms with Crippen LogP contribution in [-0.2, 0) is 4.79 Å². The lowest BCUT2D eigenvalue weighted by atomic mass is 9.73. The largest absolute Gasteiger partial charge is 0.393 e. The van der Waals surface area contributed by atoms with Crippen LogP contribution in [0.4, 0.5) is 26.4 Å². The van der Waals surface area contributed by atoms with Gasteiger partial charge in [0, 0.05) is 23.6 Å². The number of aliphatic hydroxyl groups excluding tert-OH is 1. The highest BCUT2D eigenvalue weighted by atomic mass is 35.5. The van der Waals surface area contributed by atoms with Crippen molar-refractivity contribution in [2.24, 2.45) is 11.1 Å². The summed E-state index contributed by atoms with van der Waals surface area (Å²) in [4.78, 5) is 25.8. The van der Waals surface area contributed by atoms with Crippen molar-refractivity contribution in [1.29, 1.82) is 0 Å². The number of primary amides is 1. The standard InChI is InChI=1S/C25H30ClF2N7O2/c1-25(22(29)37)7-5-15(6-8-25)35-21-19(12-30-23(34-21)31-14-3-2-4-16(36)11-14)32-24(35)33-20-17(26)9-13(27)10-18(20)28/h9-10,12,14-16,36H,2-8,11H2,1H3,(H2,29,37)(H,32,33)(H,30,31,34)/t14-,15-,16+,25-/m0/s1. The van der Waals surface area contributed by atoms with E-state index in [0.717, 1.165) is 31.4 Å². The Hall–Kier alpha value is -3.05. The van der Waals surface area contributed by atoms with E-state index in [2.05, 4.69) is 20.6 Å². The minimum absolute atomic E-state index is 0.0493. The molecule has 198 valence electrons. The van der Waals surface area contributed by atoms with Crippen LogP contribution in [0.2, 0.25) is 5.02 Å². The molecule has 0 spiro atoms. The van der Waals surface area contributed by atoms with Gasteiger partial charge < -0.3 is 21.5 Å². The Labute approximate surface area is 217 Å². The molecule has 2 saturated carbocycles. The summed E-state index contributed by atoms with van der Waals surface area (Å²) in [6, 6.07) is 1.72. The number of carbonyl (C=O) groups excluding carboxylic acids is 1. The van der Waals surface area contributed by atoms with E-state index >= 15 is 0 Å². The van der Waals surface area contributed by atoms with Gasteiger partial charge in [0.25, 0.3) is 0 Å². The van der Waals surface area contributed by atoms with Crippen LogP contribution < -0.4 is 16.4 Å². The number of nitrogens with zero attached hydrogens (tertiary/aromatic N) is 4. The van der Waals surface area contributed by atoms with Gasteiger partial charge in [0.1, 0.15) is 11.3 Å². The number of nitrogens with two attached hydrogens (primary N) is 1. The van der Waals surface area contributed by atoms with Gasteiger partial charge in [0.15, 0.2) is 11.5 Å². The first-order valence-electron chi connectivity index (χ1n) is 12.5. The number of hydrogen-bond donors (Lipinski definition) is 4. The molecule has 0 unspecified atom stereocenters. The number of imidazole rings is 1. The fraction of sp³-hybridized carbons (Fsp3) is 0.520. The first-order valence-corrected chi connectivity index (χ1v) is 12.9. The summed E-state index contributed by atoms with van der Waals surface area (Å²) in [6.07, 6.45) is 6.86. The van der Waals surface area contributed by atoms with Gasteiger partial charge in [-0.15, -0.1) is 0 Å². The van der Waals surface area contributed by atoms with E-state index in [4.69, 9.17) is 22.3 Å². The van der Waals surface area contributed by atoms with Crippen LogP contribution >= 0.6 is 11.6 Å². The molecular weight excluding hydrogens is 504 g/mol. The van der Waals surface area contributed by atoms with Gasteiger partial charge in [-0.3, -0.25) is 9.36 Å². The highest BCUT2D eigenvalue weighted by molar-refractivity contribution is 6.33. The summed E-state index contributed by atoms with van der Waals surface area (Å²) in [5.74, 6) is -1.27. The number of hydrogen-bond acceptors (Lipinski definition) is 7. The summed E-state index contributed by atoms with van der Waals surface area (Å²) in [5, 5.41) is 16.2. The molecule has 2 aliphatic rings. The molecule has 1 aromatic carbocycles. The Balaban J connectivity index is 1.52. The van der Waals surface area contributed by atoms with Crippen molar-refractivity contribution in [2.45, 2.75) is 76.5 Å². The molecule has 37 heavy (non-hydrogen) atoms. The Morgan fingerprint density at radius 1 is 1.22 bits per heavy atom. The second-order valence-corrected chi connectivity index (χ2v) is 10.8. The number of benzene rings is 1. The number of carbonyl (C=O) groups is 1. The predicted octanol–water partition coefficient (Wildman–Crippen LogP) is 4.82. The molecule has 0 bridgehead atoms.